The average molecular weight is 224 g/mol. The Morgan fingerprint density at radius 3 is 2.19 bits per heavy atom. The Morgan fingerprint density at radius 2 is 1.75 bits per heavy atom. The SMILES string of the molecule is COc1cc(CN[C@H](C)CN)cc(OC)c1. The summed E-state index contributed by atoms with van der Waals surface area (Å²) in [5.74, 6) is 1.60. The molecule has 0 aliphatic rings. The zero-order chi connectivity index (χ0) is 12.0. The number of hydrogen-bond acceptors (Lipinski definition) is 4. The van der Waals surface area contributed by atoms with E-state index in [1.165, 1.54) is 0 Å². The van der Waals surface area contributed by atoms with Crippen LogP contribution < -0.4 is 20.5 Å². The minimum absolute atomic E-state index is 0.303. The molecule has 4 nitrogen and oxygen atoms in total. The van der Waals surface area contributed by atoms with Crippen LogP contribution in [0.15, 0.2) is 18.2 Å². The van der Waals surface area contributed by atoms with Gasteiger partial charge in [-0.1, -0.05) is 0 Å². The molecule has 1 atom stereocenters. The van der Waals surface area contributed by atoms with Crippen molar-refractivity contribution in [3.63, 3.8) is 0 Å². The van der Waals surface area contributed by atoms with Crippen LogP contribution in [0.25, 0.3) is 0 Å². The molecule has 0 radical (unpaired) electrons. The lowest BCUT2D eigenvalue weighted by Gasteiger charge is -2.13. The van der Waals surface area contributed by atoms with E-state index in [0.29, 0.717) is 12.6 Å². The molecule has 0 aliphatic carbocycles. The molecule has 0 saturated carbocycles. The first kappa shape index (κ1) is 12.8. The van der Waals surface area contributed by atoms with Crippen molar-refractivity contribution in [1.29, 1.82) is 0 Å². The second-order valence-corrected chi connectivity index (χ2v) is 3.74. The molecule has 0 aromatic heterocycles. The standard InChI is InChI=1S/C12H20N2O2/c1-9(7-13)14-8-10-4-11(15-2)6-12(5-10)16-3/h4-6,9,14H,7-8,13H2,1-3H3/t9-/m1/s1. The summed E-state index contributed by atoms with van der Waals surface area (Å²) in [5.41, 5.74) is 6.66. The van der Waals surface area contributed by atoms with E-state index >= 15 is 0 Å². The fraction of sp³-hybridized carbons (Fsp3) is 0.500. The van der Waals surface area contributed by atoms with E-state index in [1.54, 1.807) is 14.2 Å². The first-order chi connectivity index (χ1) is 7.69. The summed E-state index contributed by atoms with van der Waals surface area (Å²) in [6, 6.07) is 6.13. The lowest BCUT2D eigenvalue weighted by atomic mass is 10.2. The summed E-state index contributed by atoms with van der Waals surface area (Å²) >= 11 is 0. The molecule has 4 heteroatoms. The Labute approximate surface area is 96.7 Å². The second-order valence-electron chi connectivity index (χ2n) is 3.74. The topological polar surface area (TPSA) is 56.5 Å². The number of methoxy groups -OCH3 is 2. The van der Waals surface area contributed by atoms with Crippen LogP contribution in [0, 0.1) is 0 Å². The predicted octanol–water partition coefficient (Wildman–Crippen LogP) is 1.14. The zero-order valence-corrected chi connectivity index (χ0v) is 10.1. The molecule has 1 aromatic carbocycles. The van der Waals surface area contributed by atoms with Crippen LogP contribution in [0.1, 0.15) is 12.5 Å². The van der Waals surface area contributed by atoms with Gasteiger partial charge in [-0.15, -0.1) is 0 Å². The van der Waals surface area contributed by atoms with Crippen molar-refractivity contribution in [3.05, 3.63) is 23.8 Å². The van der Waals surface area contributed by atoms with Crippen molar-refractivity contribution in [1.82, 2.24) is 5.32 Å². The van der Waals surface area contributed by atoms with Crippen molar-refractivity contribution in [2.45, 2.75) is 19.5 Å². The highest BCUT2D eigenvalue weighted by atomic mass is 16.5. The summed E-state index contributed by atoms with van der Waals surface area (Å²) in [4.78, 5) is 0. The van der Waals surface area contributed by atoms with Gasteiger partial charge in [-0.25, -0.2) is 0 Å². The molecule has 0 saturated heterocycles. The summed E-state index contributed by atoms with van der Waals surface area (Å²) in [6.07, 6.45) is 0. The van der Waals surface area contributed by atoms with Gasteiger partial charge in [-0.2, -0.15) is 0 Å². The van der Waals surface area contributed by atoms with Crippen molar-refractivity contribution in [3.8, 4) is 11.5 Å². The van der Waals surface area contributed by atoms with Gasteiger partial charge in [0.1, 0.15) is 11.5 Å². The molecule has 1 aromatic rings. The van der Waals surface area contributed by atoms with Crippen molar-refractivity contribution >= 4 is 0 Å². The van der Waals surface area contributed by atoms with E-state index in [-0.39, 0.29) is 0 Å². The summed E-state index contributed by atoms with van der Waals surface area (Å²) in [5, 5.41) is 3.32. The molecule has 0 fully saturated rings. The van der Waals surface area contributed by atoms with E-state index in [9.17, 15) is 0 Å². The van der Waals surface area contributed by atoms with Gasteiger partial charge in [0.25, 0.3) is 0 Å². The van der Waals surface area contributed by atoms with Gasteiger partial charge in [0.2, 0.25) is 0 Å². The molecule has 0 spiro atoms. The number of nitrogens with two attached hydrogens (primary N) is 1. The van der Waals surface area contributed by atoms with E-state index in [0.717, 1.165) is 23.6 Å². The van der Waals surface area contributed by atoms with Gasteiger partial charge in [0, 0.05) is 25.2 Å². The number of rotatable bonds is 6. The van der Waals surface area contributed by atoms with Crippen molar-refractivity contribution in [2.24, 2.45) is 5.73 Å². The molecule has 0 unspecified atom stereocenters. The monoisotopic (exact) mass is 224 g/mol. The largest absolute Gasteiger partial charge is 0.497 e. The Kier molecular flexibility index (Phi) is 5.08. The molecule has 1 rings (SSSR count). The normalized spacial score (nSPS) is 12.2. The summed E-state index contributed by atoms with van der Waals surface area (Å²) in [6.45, 7) is 3.43. The zero-order valence-electron chi connectivity index (χ0n) is 10.1. The van der Waals surface area contributed by atoms with Gasteiger partial charge in [0.05, 0.1) is 14.2 Å². The molecule has 16 heavy (non-hydrogen) atoms. The number of ether oxygens (including phenoxy) is 2. The van der Waals surface area contributed by atoms with Crippen LogP contribution >= 0.6 is 0 Å². The number of hydrogen-bond donors (Lipinski definition) is 2. The van der Waals surface area contributed by atoms with Crippen molar-refractivity contribution < 1.29 is 9.47 Å². The van der Waals surface area contributed by atoms with Gasteiger partial charge < -0.3 is 20.5 Å². The Morgan fingerprint density at radius 1 is 1.19 bits per heavy atom. The molecule has 0 amide bonds. The summed E-state index contributed by atoms with van der Waals surface area (Å²) in [7, 11) is 3.29. The average Bonchev–Trinajstić information content (AvgIpc) is 2.35. The Balaban J connectivity index is 2.71. The Bertz CT molecular complexity index is 307. The number of nitrogens with one attached hydrogen (secondary N) is 1. The molecule has 3 N–H and O–H groups in total. The lowest BCUT2D eigenvalue weighted by molar-refractivity contribution is 0.392. The molecule has 0 bridgehead atoms. The highest BCUT2D eigenvalue weighted by molar-refractivity contribution is 5.38. The molecule has 90 valence electrons. The van der Waals surface area contributed by atoms with Crippen LogP contribution in [0.3, 0.4) is 0 Å². The third kappa shape index (κ3) is 3.72. The predicted molar refractivity (Wildman–Crippen MR) is 64.9 cm³/mol. The van der Waals surface area contributed by atoms with Crippen LogP contribution in [0.4, 0.5) is 0 Å². The van der Waals surface area contributed by atoms with Gasteiger partial charge in [-0.3, -0.25) is 0 Å². The first-order valence-electron chi connectivity index (χ1n) is 5.35. The number of benzene rings is 1. The molecular formula is C12H20N2O2. The molecule has 0 heterocycles. The van der Waals surface area contributed by atoms with Crippen LogP contribution in [-0.4, -0.2) is 26.8 Å². The highest BCUT2D eigenvalue weighted by Crippen LogP contribution is 2.22. The lowest BCUT2D eigenvalue weighted by Crippen LogP contribution is -2.32. The first-order valence-corrected chi connectivity index (χ1v) is 5.35. The van der Waals surface area contributed by atoms with E-state index in [1.807, 2.05) is 18.2 Å². The maximum Gasteiger partial charge on any atom is 0.122 e. The smallest absolute Gasteiger partial charge is 0.122 e. The van der Waals surface area contributed by atoms with Crippen LogP contribution in [0.5, 0.6) is 11.5 Å². The molecular weight excluding hydrogens is 204 g/mol. The van der Waals surface area contributed by atoms with Crippen LogP contribution in [0.2, 0.25) is 0 Å². The third-order valence-corrected chi connectivity index (χ3v) is 2.42. The fourth-order valence-electron chi connectivity index (χ4n) is 1.34. The van der Waals surface area contributed by atoms with E-state index in [4.69, 9.17) is 15.2 Å². The Hall–Kier alpha value is -1.26. The van der Waals surface area contributed by atoms with E-state index in [2.05, 4.69) is 12.2 Å². The van der Waals surface area contributed by atoms with Gasteiger partial charge in [0.15, 0.2) is 0 Å². The maximum atomic E-state index is 5.54. The van der Waals surface area contributed by atoms with Gasteiger partial charge >= 0.3 is 0 Å². The minimum atomic E-state index is 0.303. The van der Waals surface area contributed by atoms with E-state index < -0.39 is 0 Å². The molecule has 0 aliphatic heterocycles. The quantitative estimate of drug-likeness (QED) is 0.761. The fourth-order valence-corrected chi connectivity index (χ4v) is 1.34. The maximum absolute atomic E-state index is 5.54. The highest BCUT2D eigenvalue weighted by Gasteiger charge is 2.03. The summed E-state index contributed by atoms with van der Waals surface area (Å²) < 4.78 is 10.4. The van der Waals surface area contributed by atoms with Gasteiger partial charge in [-0.05, 0) is 24.6 Å². The third-order valence-electron chi connectivity index (χ3n) is 2.42. The van der Waals surface area contributed by atoms with Crippen LogP contribution in [-0.2, 0) is 6.54 Å². The minimum Gasteiger partial charge on any atom is -0.497 e. The van der Waals surface area contributed by atoms with Crippen molar-refractivity contribution in [2.75, 3.05) is 20.8 Å². The second kappa shape index (κ2) is 6.35.